The summed E-state index contributed by atoms with van der Waals surface area (Å²) >= 11 is 13.9. The lowest BCUT2D eigenvalue weighted by atomic mass is 9.98. The third-order valence-corrected chi connectivity index (χ3v) is 9.33. The Labute approximate surface area is 194 Å². The summed E-state index contributed by atoms with van der Waals surface area (Å²) in [6.45, 7) is 2.49. The number of aromatic nitrogens is 1. The molecule has 0 spiro atoms. The molecule has 3 aromatic rings. The summed E-state index contributed by atoms with van der Waals surface area (Å²) in [7, 11) is -1.76. The topological polar surface area (TPSA) is 71.7 Å². The van der Waals surface area contributed by atoms with Crippen molar-refractivity contribution < 1.29 is 13.2 Å². The molecule has 1 aliphatic rings. The minimum Gasteiger partial charge on any atom is -0.318 e. The van der Waals surface area contributed by atoms with Gasteiger partial charge in [0.05, 0.1) is 25.2 Å². The number of nitrogens with zero attached hydrogens (tertiary/aromatic N) is 3. The molecule has 1 saturated heterocycles. The molecule has 1 fully saturated rings. The molecule has 2 heterocycles. The molecule has 0 atom stereocenters. The van der Waals surface area contributed by atoms with Gasteiger partial charge in [-0.1, -0.05) is 52.2 Å². The van der Waals surface area contributed by atoms with Crippen molar-refractivity contribution in [2.45, 2.75) is 24.7 Å². The molecule has 0 N–H and O–H groups in total. The third-order valence-electron chi connectivity index (χ3n) is 5.52. The molecule has 4 rings (SSSR count). The van der Waals surface area contributed by atoms with Gasteiger partial charge >= 0.3 is 0 Å². The average molecular weight is 498 g/mol. The number of thiazole rings is 1. The highest BCUT2D eigenvalue weighted by Gasteiger charge is 2.32. The van der Waals surface area contributed by atoms with Crippen LogP contribution in [0.3, 0.4) is 0 Å². The summed E-state index contributed by atoms with van der Waals surface area (Å²) < 4.78 is 29.7. The second-order valence-corrected chi connectivity index (χ2v) is 11.3. The largest absolute Gasteiger partial charge is 0.318 e. The van der Waals surface area contributed by atoms with Gasteiger partial charge in [0.25, 0.3) is 5.91 Å². The van der Waals surface area contributed by atoms with E-state index in [2.05, 4.69) is 4.99 Å². The maximum atomic E-state index is 12.9. The van der Waals surface area contributed by atoms with E-state index in [0.717, 1.165) is 15.8 Å². The van der Waals surface area contributed by atoms with Crippen molar-refractivity contribution in [1.29, 1.82) is 0 Å². The minimum absolute atomic E-state index is 0.248. The second kappa shape index (κ2) is 8.67. The zero-order valence-corrected chi connectivity index (χ0v) is 20.2. The van der Waals surface area contributed by atoms with Gasteiger partial charge in [0.1, 0.15) is 0 Å². The molecule has 0 aliphatic carbocycles. The monoisotopic (exact) mass is 497 g/mol. The maximum Gasteiger partial charge on any atom is 0.251 e. The van der Waals surface area contributed by atoms with Crippen LogP contribution < -0.4 is 4.80 Å². The quantitative estimate of drug-likeness (QED) is 0.538. The molecule has 0 bridgehead atoms. The number of benzene rings is 2. The van der Waals surface area contributed by atoms with Crippen LogP contribution in [0.5, 0.6) is 0 Å². The molecule has 31 heavy (non-hydrogen) atoms. The zero-order valence-electron chi connectivity index (χ0n) is 17.0. The van der Waals surface area contributed by atoms with Crippen LogP contribution in [0.1, 0.15) is 18.4 Å². The van der Waals surface area contributed by atoms with Crippen molar-refractivity contribution in [1.82, 2.24) is 8.87 Å². The lowest BCUT2D eigenvalue weighted by Crippen LogP contribution is -2.40. The predicted octanol–water partition coefficient (Wildman–Crippen LogP) is 4.38. The van der Waals surface area contributed by atoms with Crippen molar-refractivity contribution in [3.63, 3.8) is 0 Å². The van der Waals surface area contributed by atoms with Crippen molar-refractivity contribution in [3.8, 4) is 0 Å². The summed E-state index contributed by atoms with van der Waals surface area (Å²) in [5, 5.41) is 1.10. The molecule has 0 unspecified atom stereocenters. The van der Waals surface area contributed by atoms with E-state index >= 15 is 0 Å². The van der Waals surface area contributed by atoms with E-state index in [9.17, 15) is 13.2 Å². The van der Waals surface area contributed by atoms with Gasteiger partial charge in [0, 0.05) is 26.1 Å². The zero-order chi connectivity index (χ0) is 22.3. The number of sulfonamides is 1. The molecule has 1 aliphatic heterocycles. The van der Waals surface area contributed by atoms with Gasteiger partial charge in [0.2, 0.25) is 10.0 Å². The Hall–Kier alpha value is -1.71. The van der Waals surface area contributed by atoms with Gasteiger partial charge in [-0.25, -0.2) is 8.42 Å². The van der Waals surface area contributed by atoms with E-state index in [1.165, 1.54) is 15.6 Å². The molecule has 164 valence electrons. The van der Waals surface area contributed by atoms with Crippen LogP contribution in [0.25, 0.3) is 10.2 Å². The fraction of sp³-hybridized carbons (Fsp3) is 0.333. The molecule has 2 aromatic carbocycles. The average Bonchev–Trinajstić information content (AvgIpc) is 3.08. The van der Waals surface area contributed by atoms with E-state index in [1.54, 1.807) is 48.0 Å². The predicted molar refractivity (Wildman–Crippen MR) is 124 cm³/mol. The summed E-state index contributed by atoms with van der Waals surface area (Å²) in [5.74, 6) is -0.567. The number of hydrogen-bond donors (Lipinski definition) is 0. The highest BCUT2D eigenvalue weighted by Crippen LogP contribution is 2.31. The first-order valence-corrected chi connectivity index (χ1v) is 12.8. The van der Waals surface area contributed by atoms with Gasteiger partial charge in [0.15, 0.2) is 4.80 Å². The first kappa shape index (κ1) is 22.5. The molecule has 10 heteroatoms. The SMILES string of the molecule is Cc1ccc(S(=O)(=O)N2CCC(C(=O)N=c3sc4c(Cl)ccc(Cl)c4n3C)CC2)cc1. The van der Waals surface area contributed by atoms with Gasteiger partial charge < -0.3 is 4.57 Å². The minimum atomic E-state index is -3.56. The fourth-order valence-electron chi connectivity index (χ4n) is 3.67. The number of carbonyl (C=O) groups is 1. The first-order valence-electron chi connectivity index (χ1n) is 9.77. The van der Waals surface area contributed by atoms with Crippen LogP contribution in [0.2, 0.25) is 10.0 Å². The number of carbonyl (C=O) groups excluding carboxylic acids is 1. The van der Waals surface area contributed by atoms with Gasteiger partial charge in [-0.15, -0.1) is 0 Å². The van der Waals surface area contributed by atoms with E-state index in [-0.39, 0.29) is 16.7 Å². The number of piperidine rings is 1. The highest BCUT2D eigenvalue weighted by molar-refractivity contribution is 7.89. The van der Waals surface area contributed by atoms with E-state index in [1.807, 2.05) is 6.92 Å². The third kappa shape index (κ3) is 4.32. The Morgan fingerprint density at radius 2 is 1.68 bits per heavy atom. The summed E-state index contributed by atoms with van der Waals surface area (Å²) in [6, 6.07) is 10.2. The number of aryl methyl sites for hydroxylation is 2. The van der Waals surface area contributed by atoms with Crippen LogP contribution in [0.4, 0.5) is 0 Å². The van der Waals surface area contributed by atoms with Crippen LogP contribution in [-0.4, -0.2) is 36.3 Å². The van der Waals surface area contributed by atoms with E-state index < -0.39 is 10.0 Å². The van der Waals surface area contributed by atoms with E-state index in [0.29, 0.717) is 40.8 Å². The Bertz CT molecular complexity index is 1320. The molecule has 1 amide bonds. The second-order valence-electron chi connectivity index (χ2n) is 7.59. The van der Waals surface area contributed by atoms with Crippen LogP contribution in [0, 0.1) is 12.8 Å². The summed E-state index contributed by atoms with van der Waals surface area (Å²) in [4.78, 5) is 17.9. The van der Waals surface area contributed by atoms with Crippen LogP contribution >= 0.6 is 34.5 Å². The van der Waals surface area contributed by atoms with Crippen LogP contribution in [0.15, 0.2) is 46.3 Å². The van der Waals surface area contributed by atoms with Gasteiger partial charge in [-0.05, 0) is 44.0 Å². The Balaban J connectivity index is 1.52. The molecular formula is C21H21Cl2N3O3S2. The Morgan fingerprint density at radius 1 is 1.06 bits per heavy atom. The van der Waals surface area contributed by atoms with Crippen LogP contribution in [-0.2, 0) is 21.9 Å². The van der Waals surface area contributed by atoms with Crippen molar-refractivity contribution in [2.75, 3.05) is 13.1 Å². The van der Waals surface area contributed by atoms with Crippen molar-refractivity contribution >= 4 is 60.7 Å². The lowest BCUT2D eigenvalue weighted by Gasteiger charge is -2.29. The fourth-order valence-corrected chi connectivity index (χ4v) is 6.81. The first-order chi connectivity index (χ1) is 14.7. The number of amides is 1. The number of fused-ring (bicyclic) bond motifs is 1. The van der Waals surface area contributed by atoms with E-state index in [4.69, 9.17) is 23.2 Å². The smallest absolute Gasteiger partial charge is 0.251 e. The normalized spacial score (nSPS) is 16.8. The lowest BCUT2D eigenvalue weighted by molar-refractivity contribution is -0.122. The highest BCUT2D eigenvalue weighted by atomic mass is 35.5. The Morgan fingerprint density at radius 3 is 2.29 bits per heavy atom. The maximum absolute atomic E-state index is 12.9. The molecular weight excluding hydrogens is 477 g/mol. The number of rotatable bonds is 3. The molecule has 6 nitrogen and oxygen atoms in total. The standard InChI is InChI=1S/C21H21Cl2N3O3S2/c1-13-3-5-15(6-4-13)31(28,29)26-11-9-14(10-12-26)20(27)24-21-25(2)18-16(22)7-8-17(23)19(18)30-21/h3-8,14H,9-12H2,1-2H3. The summed E-state index contributed by atoms with van der Waals surface area (Å²) in [5.41, 5.74) is 1.74. The van der Waals surface area contributed by atoms with Crippen molar-refractivity contribution in [2.24, 2.45) is 18.0 Å². The van der Waals surface area contributed by atoms with Crippen molar-refractivity contribution in [3.05, 3.63) is 56.8 Å². The number of hydrogen-bond acceptors (Lipinski definition) is 4. The summed E-state index contributed by atoms with van der Waals surface area (Å²) in [6.07, 6.45) is 0.868. The molecule has 0 radical (unpaired) electrons. The number of halogens is 2. The van der Waals surface area contributed by atoms with Gasteiger partial charge in [-0.3, -0.25) is 4.79 Å². The van der Waals surface area contributed by atoms with Gasteiger partial charge in [-0.2, -0.15) is 9.30 Å². The Kier molecular flexibility index (Phi) is 6.29. The molecule has 1 aromatic heterocycles. The molecule has 0 saturated carbocycles.